The summed E-state index contributed by atoms with van der Waals surface area (Å²) < 4.78 is 23.7. The fourth-order valence-electron chi connectivity index (χ4n) is 2.02. The number of carbonyl (C=O) groups is 1. The Hall–Kier alpha value is -1.62. The summed E-state index contributed by atoms with van der Waals surface area (Å²) in [6.45, 7) is 4.04. The largest absolute Gasteiger partial charge is 0.493 e. The predicted molar refractivity (Wildman–Crippen MR) is 68.5 cm³/mol. The van der Waals surface area contributed by atoms with Crippen LogP contribution in [0.4, 0.5) is 4.39 Å². The number of benzene rings is 1. The highest BCUT2D eigenvalue weighted by molar-refractivity contribution is 5.76. The minimum Gasteiger partial charge on any atom is -0.493 e. The van der Waals surface area contributed by atoms with Gasteiger partial charge in [0.05, 0.1) is 25.7 Å². The minimum absolute atomic E-state index is 0.0477. The molecule has 4 nitrogen and oxygen atoms in total. The standard InChI is InChI=1S/C14H18FNO3/c1-11-10-16(6-8-18-11)14(17)5-7-19-13-4-2-3-12(15)9-13/h2-4,9,11H,5-8,10H2,1H3. The Bertz CT molecular complexity index is 438. The molecule has 0 N–H and O–H groups in total. The Labute approximate surface area is 112 Å². The maximum Gasteiger partial charge on any atom is 0.226 e. The molecule has 1 atom stereocenters. The highest BCUT2D eigenvalue weighted by Gasteiger charge is 2.20. The Morgan fingerprint density at radius 3 is 3.16 bits per heavy atom. The van der Waals surface area contributed by atoms with Crippen molar-refractivity contribution in [2.75, 3.05) is 26.3 Å². The molecule has 1 saturated heterocycles. The van der Waals surface area contributed by atoms with E-state index in [1.54, 1.807) is 17.0 Å². The lowest BCUT2D eigenvalue weighted by Crippen LogP contribution is -2.44. The third-order valence-electron chi connectivity index (χ3n) is 2.97. The van der Waals surface area contributed by atoms with Crippen LogP contribution in [0.25, 0.3) is 0 Å². The Morgan fingerprint density at radius 2 is 2.42 bits per heavy atom. The topological polar surface area (TPSA) is 38.8 Å². The van der Waals surface area contributed by atoms with Gasteiger partial charge in [-0.25, -0.2) is 4.39 Å². The number of ether oxygens (including phenoxy) is 2. The van der Waals surface area contributed by atoms with Gasteiger partial charge in [0, 0.05) is 19.2 Å². The zero-order chi connectivity index (χ0) is 13.7. The van der Waals surface area contributed by atoms with Gasteiger partial charge in [-0.05, 0) is 19.1 Å². The minimum atomic E-state index is -0.342. The highest BCUT2D eigenvalue weighted by Crippen LogP contribution is 2.12. The zero-order valence-electron chi connectivity index (χ0n) is 11.0. The molecule has 1 fully saturated rings. The van der Waals surface area contributed by atoms with E-state index < -0.39 is 0 Å². The first kappa shape index (κ1) is 13.8. The summed E-state index contributed by atoms with van der Waals surface area (Å²) in [6, 6.07) is 5.91. The molecular weight excluding hydrogens is 249 g/mol. The molecule has 0 aromatic heterocycles. The van der Waals surface area contributed by atoms with E-state index in [-0.39, 0.29) is 24.4 Å². The van der Waals surface area contributed by atoms with Gasteiger partial charge in [-0.15, -0.1) is 0 Å². The number of morpholine rings is 1. The molecule has 0 radical (unpaired) electrons. The SMILES string of the molecule is CC1CN(C(=O)CCOc2cccc(F)c2)CCO1. The van der Waals surface area contributed by atoms with Gasteiger partial charge in [0.15, 0.2) is 0 Å². The number of amides is 1. The molecule has 5 heteroatoms. The average Bonchev–Trinajstić information content (AvgIpc) is 2.38. The second-order valence-corrected chi connectivity index (χ2v) is 4.58. The van der Waals surface area contributed by atoms with Crippen LogP contribution in [0.1, 0.15) is 13.3 Å². The van der Waals surface area contributed by atoms with E-state index in [0.29, 0.717) is 31.9 Å². The lowest BCUT2D eigenvalue weighted by molar-refractivity contribution is -0.138. The van der Waals surface area contributed by atoms with E-state index in [0.717, 1.165) is 0 Å². The molecule has 0 bridgehead atoms. The highest BCUT2D eigenvalue weighted by atomic mass is 19.1. The van der Waals surface area contributed by atoms with Crippen molar-refractivity contribution in [1.82, 2.24) is 4.90 Å². The summed E-state index contributed by atoms with van der Waals surface area (Å²) in [5.41, 5.74) is 0. The van der Waals surface area contributed by atoms with Gasteiger partial charge in [-0.1, -0.05) is 6.07 Å². The first-order valence-electron chi connectivity index (χ1n) is 6.43. The average molecular weight is 267 g/mol. The summed E-state index contributed by atoms with van der Waals surface area (Å²) in [4.78, 5) is 13.7. The lowest BCUT2D eigenvalue weighted by atomic mass is 10.2. The van der Waals surface area contributed by atoms with Crippen LogP contribution in [0.3, 0.4) is 0 Å². The van der Waals surface area contributed by atoms with Crippen molar-refractivity contribution in [2.45, 2.75) is 19.4 Å². The van der Waals surface area contributed by atoms with E-state index in [4.69, 9.17) is 9.47 Å². The summed E-state index contributed by atoms with van der Waals surface area (Å²) in [7, 11) is 0. The molecule has 0 spiro atoms. The summed E-state index contributed by atoms with van der Waals surface area (Å²) in [6.07, 6.45) is 0.380. The molecule has 19 heavy (non-hydrogen) atoms. The van der Waals surface area contributed by atoms with Crippen molar-refractivity contribution in [1.29, 1.82) is 0 Å². The number of halogens is 1. The van der Waals surface area contributed by atoms with Gasteiger partial charge >= 0.3 is 0 Å². The normalized spacial score (nSPS) is 19.3. The first-order valence-corrected chi connectivity index (χ1v) is 6.43. The quantitative estimate of drug-likeness (QED) is 0.835. The molecule has 1 aromatic carbocycles. The molecule has 1 aliphatic heterocycles. The van der Waals surface area contributed by atoms with Crippen molar-refractivity contribution in [3.8, 4) is 5.75 Å². The van der Waals surface area contributed by atoms with Crippen LogP contribution in [-0.4, -0.2) is 43.2 Å². The van der Waals surface area contributed by atoms with Crippen molar-refractivity contribution in [3.05, 3.63) is 30.1 Å². The Kier molecular flexibility index (Phi) is 4.74. The number of hydrogen-bond acceptors (Lipinski definition) is 3. The Morgan fingerprint density at radius 1 is 1.58 bits per heavy atom. The second kappa shape index (κ2) is 6.52. The van der Waals surface area contributed by atoms with Crippen LogP contribution in [0.15, 0.2) is 24.3 Å². The molecule has 1 aromatic rings. The summed E-state index contributed by atoms with van der Waals surface area (Å²) in [5, 5.41) is 0. The fourth-order valence-corrected chi connectivity index (χ4v) is 2.02. The van der Waals surface area contributed by atoms with Gasteiger partial charge < -0.3 is 14.4 Å². The van der Waals surface area contributed by atoms with E-state index in [2.05, 4.69) is 0 Å². The smallest absolute Gasteiger partial charge is 0.226 e. The van der Waals surface area contributed by atoms with E-state index >= 15 is 0 Å². The van der Waals surface area contributed by atoms with Gasteiger partial charge in [0.2, 0.25) is 5.91 Å². The predicted octanol–water partition coefficient (Wildman–Crippen LogP) is 1.84. The second-order valence-electron chi connectivity index (χ2n) is 4.58. The maximum atomic E-state index is 12.9. The van der Waals surface area contributed by atoms with Crippen LogP contribution >= 0.6 is 0 Å². The van der Waals surface area contributed by atoms with E-state index in [1.165, 1.54) is 12.1 Å². The van der Waals surface area contributed by atoms with Crippen LogP contribution in [0, 0.1) is 5.82 Å². The monoisotopic (exact) mass is 267 g/mol. The van der Waals surface area contributed by atoms with Gasteiger partial charge in [-0.3, -0.25) is 4.79 Å². The zero-order valence-corrected chi connectivity index (χ0v) is 11.0. The van der Waals surface area contributed by atoms with Crippen molar-refractivity contribution in [2.24, 2.45) is 0 Å². The molecule has 1 unspecified atom stereocenters. The molecule has 104 valence electrons. The molecule has 1 aliphatic rings. The first-order chi connectivity index (χ1) is 9.15. The molecular formula is C14H18FNO3. The molecule has 2 rings (SSSR count). The van der Waals surface area contributed by atoms with Gasteiger partial charge in [0.25, 0.3) is 0 Å². The van der Waals surface area contributed by atoms with Crippen LogP contribution in [-0.2, 0) is 9.53 Å². The summed E-state index contributed by atoms with van der Waals surface area (Å²) in [5.74, 6) is 0.153. The Balaban J connectivity index is 1.74. The third kappa shape index (κ3) is 4.21. The van der Waals surface area contributed by atoms with Crippen molar-refractivity contribution in [3.63, 3.8) is 0 Å². The lowest BCUT2D eigenvalue weighted by Gasteiger charge is -2.31. The molecule has 0 saturated carbocycles. The number of rotatable bonds is 4. The van der Waals surface area contributed by atoms with Gasteiger partial charge in [-0.2, -0.15) is 0 Å². The van der Waals surface area contributed by atoms with Crippen molar-refractivity contribution < 1.29 is 18.7 Å². The van der Waals surface area contributed by atoms with Crippen LogP contribution in [0.2, 0.25) is 0 Å². The maximum absolute atomic E-state index is 12.9. The number of hydrogen-bond donors (Lipinski definition) is 0. The fraction of sp³-hybridized carbons (Fsp3) is 0.500. The van der Waals surface area contributed by atoms with Crippen LogP contribution < -0.4 is 4.74 Å². The number of carbonyl (C=O) groups excluding carboxylic acids is 1. The van der Waals surface area contributed by atoms with E-state index in [9.17, 15) is 9.18 Å². The third-order valence-corrected chi connectivity index (χ3v) is 2.97. The molecule has 1 heterocycles. The van der Waals surface area contributed by atoms with Crippen LogP contribution in [0.5, 0.6) is 5.75 Å². The summed E-state index contributed by atoms with van der Waals surface area (Å²) >= 11 is 0. The molecule has 1 amide bonds. The van der Waals surface area contributed by atoms with Crippen molar-refractivity contribution >= 4 is 5.91 Å². The van der Waals surface area contributed by atoms with Gasteiger partial charge in [0.1, 0.15) is 11.6 Å². The number of nitrogens with zero attached hydrogens (tertiary/aromatic N) is 1. The van der Waals surface area contributed by atoms with E-state index in [1.807, 2.05) is 6.92 Å². The molecule has 0 aliphatic carbocycles.